The average Bonchev–Trinajstić information content (AvgIpc) is 3.18. The van der Waals surface area contributed by atoms with Crippen molar-refractivity contribution < 1.29 is 28.5 Å². The minimum Gasteiger partial charge on any atom is -0.495 e. The van der Waals surface area contributed by atoms with E-state index in [2.05, 4.69) is 10.5 Å². The molecule has 3 aromatic rings. The molecule has 0 aliphatic rings. The first-order valence-corrected chi connectivity index (χ1v) is 10.5. The zero-order valence-corrected chi connectivity index (χ0v) is 19.4. The first-order chi connectivity index (χ1) is 16.3. The predicted molar refractivity (Wildman–Crippen MR) is 127 cm³/mol. The van der Waals surface area contributed by atoms with Crippen molar-refractivity contribution in [2.75, 3.05) is 25.6 Å². The molecule has 178 valence electrons. The highest BCUT2D eigenvalue weighted by Gasteiger charge is 2.22. The van der Waals surface area contributed by atoms with Crippen LogP contribution in [0.3, 0.4) is 0 Å². The standard InChI is InChI=1S/C23H22ClN3O7/c1-4-32-21-11-15(6-9-20-23(27(29)30)14(2)26-34-20)5-8-19(21)33-13-22(28)25-17-12-16(24)7-10-18(17)31-3/h5-12H,4,13H2,1-3H3,(H,25,28)/b9-6+. The van der Waals surface area contributed by atoms with Gasteiger partial charge < -0.3 is 24.1 Å². The van der Waals surface area contributed by atoms with Crippen LogP contribution in [0.4, 0.5) is 11.4 Å². The third kappa shape index (κ3) is 6.04. The fraction of sp³-hybridized carbons (Fsp3) is 0.217. The molecule has 0 saturated carbocycles. The number of hydrogen-bond donors (Lipinski definition) is 1. The van der Waals surface area contributed by atoms with Crippen molar-refractivity contribution in [2.45, 2.75) is 13.8 Å². The van der Waals surface area contributed by atoms with E-state index in [1.54, 1.807) is 42.5 Å². The second-order valence-corrected chi connectivity index (χ2v) is 7.33. The van der Waals surface area contributed by atoms with E-state index in [0.717, 1.165) is 0 Å². The van der Waals surface area contributed by atoms with E-state index < -0.39 is 10.8 Å². The SMILES string of the molecule is CCOc1cc(/C=C/c2onc(C)c2[N+](=O)[O-])ccc1OCC(=O)Nc1cc(Cl)ccc1OC. The van der Waals surface area contributed by atoms with Crippen molar-refractivity contribution in [2.24, 2.45) is 0 Å². The van der Waals surface area contributed by atoms with Crippen LogP contribution in [0.5, 0.6) is 17.2 Å². The Morgan fingerprint density at radius 1 is 1.18 bits per heavy atom. The minimum absolute atomic E-state index is 0.0360. The van der Waals surface area contributed by atoms with E-state index in [-0.39, 0.29) is 23.7 Å². The topological polar surface area (TPSA) is 126 Å². The number of ether oxygens (including phenoxy) is 3. The molecule has 0 radical (unpaired) electrons. The van der Waals surface area contributed by atoms with E-state index >= 15 is 0 Å². The molecular formula is C23H22ClN3O7. The summed E-state index contributed by atoms with van der Waals surface area (Å²) in [5.41, 5.74) is 1.10. The molecule has 1 N–H and O–H groups in total. The second-order valence-electron chi connectivity index (χ2n) is 6.89. The number of carbonyl (C=O) groups is 1. The normalized spacial score (nSPS) is 10.8. The highest BCUT2D eigenvalue weighted by molar-refractivity contribution is 6.31. The molecule has 0 spiro atoms. The Morgan fingerprint density at radius 2 is 1.94 bits per heavy atom. The maximum absolute atomic E-state index is 12.4. The lowest BCUT2D eigenvalue weighted by Gasteiger charge is -2.14. The van der Waals surface area contributed by atoms with Gasteiger partial charge in [-0.05, 0) is 55.8 Å². The van der Waals surface area contributed by atoms with Gasteiger partial charge in [0.2, 0.25) is 5.76 Å². The van der Waals surface area contributed by atoms with E-state index in [4.69, 9.17) is 30.3 Å². The summed E-state index contributed by atoms with van der Waals surface area (Å²) >= 11 is 5.99. The van der Waals surface area contributed by atoms with E-state index in [9.17, 15) is 14.9 Å². The summed E-state index contributed by atoms with van der Waals surface area (Å²) in [7, 11) is 1.49. The Kier molecular flexibility index (Phi) is 8.10. The Bertz CT molecular complexity index is 1220. The van der Waals surface area contributed by atoms with Crippen LogP contribution in [-0.2, 0) is 4.79 Å². The first kappa shape index (κ1) is 24.6. The van der Waals surface area contributed by atoms with Gasteiger partial charge in [0.05, 0.1) is 24.3 Å². The zero-order valence-electron chi connectivity index (χ0n) is 18.7. The summed E-state index contributed by atoms with van der Waals surface area (Å²) in [6.45, 7) is 3.39. The Balaban J connectivity index is 1.72. The molecule has 2 aromatic carbocycles. The molecule has 1 aromatic heterocycles. The van der Waals surface area contributed by atoms with Gasteiger partial charge in [-0.1, -0.05) is 28.9 Å². The molecule has 0 aliphatic heterocycles. The molecule has 0 fully saturated rings. The predicted octanol–water partition coefficient (Wildman–Crippen LogP) is 5.14. The lowest BCUT2D eigenvalue weighted by Crippen LogP contribution is -2.20. The molecule has 10 nitrogen and oxygen atoms in total. The van der Waals surface area contributed by atoms with Gasteiger partial charge >= 0.3 is 5.69 Å². The number of carbonyl (C=O) groups excluding carboxylic acids is 1. The average molecular weight is 488 g/mol. The summed E-state index contributed by atoms with van der Waals surface area (Å²) in [6.07, 6.45) is 3.08. The fourth-order valence-electron chi connectivity index (χ4n) is 3.01. The fourth-order valence-corrected chi connectivity index (χ4v) is 3.18. The van der Waals surface area contributed by atoms with Gasteiger partial charge in [-0.25, -0.2) is 0 Å². The number of nitro groups is 1. The molecule has 11 heteroatoms. The van der Waals surface area contributed by atoms with Gasteiger partial charge in [-0.2, -0.15) is 0 Å². The van der Waals surface area contributed by atoms with Gasteiger partial charge in [-0.3, -0.25) is 14.9 Å². The van der Waals surface area contributed by atoms with Crippen LogP contribution in [0, 0.1) is 17.0 Å². The highest BCUT2D eigenvalue weighted by atomic mass is 35.5. The van der Waals surface area contributed by atoms with E-state index in [1.807, 2.05) is 6.92 Å². The molecule has 0 bridgehead atoms. The molecule has 0 unspecified atom stereocenters. The largest absolute Gasteiger partial charge is 0.495 e. The van der Waals surface area contributed by atoms with Crippen molar-refractivity contribution in [1.82, 2.24) is 5.16 Å². The summed E-state index contributed by atoms with van der Waals surface area (Å²) in [6, 6.07) is 9.90. The number of aryl methyl sites for hydroxylation is 1. The lowest BCUT2D eigenvalue weighted by atomic mass is 10.1. The number of amides is 1. The highest BCUT2D eigenvalue weighted by Crippen LogP contribution is 2.31. The summed E-state index contributed by atoms with van der Waals surface area (Å²) in [4.78, 5) is 23.0. The maximum atomic E-state index is 12.4. The number of hydrogen-bond acceptors (Lipinski definition) is 8. The van der Waals surface area contributed by atoms with Crippen LogP contribution in [0.1, 0.15) is 23.9 Å². The smallest absolute Gasteiger partial charge is 0.338 e. The van der Waals surface area contributed by atoms with Crippen molar-refractivity contribution >= 4 is 41.0 Å². The van der Waals surface area contributed by atoms with Crippen LogP contribution in [0.25, 0.3) is 12.2 Å². The second kappa shape index (κ2) is 11.2. The van der Waals surface area contributed by atoms with Crippen LogP contribution in [-0.4, -0.2) is 36.3 Å². The zero-order chi connectivity index (χ0) is 24.7. The van der Waals surface area contributed by atoms with Gasteiger partial charge in [-0.15, -0.1) is 0 Å². The number of anilines is 1. The molecule has 3 rings (SSSR count). The third-order valence-corrected chi connectivity index (χ3v) is 4.76. The van der Waals surface area contributed by atoms with Crippen molar-refractivity contribution in [1.29, 1.82) is 0 Å². The maximum Gasteiger partial charge on any atom is 0.338 e. The quantitative estimate of drug-likeness (QED) is 0.307. The Labute approximate surface area is 200 Å². The summed E-state index contributed by atoms with van der Waals surface area (Å²) in [5.74, 6) is 0.842. The molecule has 34 heavy (non-hydrogen) atoms. The number of benzene rings is 2. The molecular weight excluding hydrogens is 466 g/mol. The van der Waals surface area contributed by atoms with Crippen molar-refractivity contribution in [3.8, 4) is 17.2 Å². The molecule has 0 aliphatic carbocycles. The molecule has 1 heterocycles. The number of rotatable bonds is 10. The van der Waals surface area contributed by atoms with Crippen LogP contribution in [0.15, 0.2) is 40.9 Å². The van der Waals surface area contributed by atoms with Crippen molar-refractivity contribution in [3.05, 3.63) is 68.6 Å². The van der Waals surface area contributed by atoms with Crippen LogP contribution in [0.2, 0.25) is 5.02 Å². The van der Waals surface area contributed by atoms with Gasteiger partial charge in [0.15, 0.2) is 23.8 Å². The van der Waals surface area contributed by atoms with Gasteiger partial charge in [0.1, 0.15) is 5.75 Å². The molecule has 0 saturated heterocycles. The number of nitrogens with zero attached hydrogens (tertiary/aromatic N) is 2. The van der Waals surface area contributed by atoms with Gasteiger partial charge in [0, 0.05) is 5.02 Å². The molecule has 1 amide bonds. The first-order valence-electron chi connectivity index (χ1n) is 10.1. The Morgan fingerprint density at radius 3 is 2.65 bits per heavy atom. The number of nitrogens with one attached hydrogen (secondary N) is 1. The van der Waals surface area contributed by atoms with Crippen LogP contribution >= 0.6 is 11.6 Å². The Hall–Kier alpha value is -4.05. The number of halogens is 1. The van der Waals surface area contributed by atoms with Gasteiger partial charge in [0.25, 0.3) is 5.91 Å². The third-order valence-electron chi connectivity index (χ3n) is 4.53. The number of aromatic nitrogens is 1. The molecule has 0 atom stereocenters. The van der Waals surface area contributed by atoms with E-state index in [1.165, 1.54) is 20.1 Å². The number of methoxy groups -OCH3 is 1. The minimum atomic E-state index is -0.544. The summed E-state index contributed by atoms with van der Waals surface area (Å²) < 4.78 is 21.5. The lowest BCUT2D eigenvalue weighted by molar-refractivity contribution is -0.386. The van der Waals surface area contributed by atoms with Crippen LogP contribution < -0.4 is 19.5 Å². The van der Waals surface area contributed by atoms with E-state index in [0.29, 0.717) is 40.1 Å². The van der Waals surface area contributed by atoms with Crippen molar-refractivity contribution in [3.63, 3.8) is 0 Å². The summed E-state index contributed by atoms with van der Waals surface area (Å²) in [5, 5.41) is 18.0. The monoisotopic (exact) mass is 487 g/mol.